The summed E-state index contributed by atoms with van der Waals surface area (Å²) in [6, 6.07) is 8.36. The van der Waals surface area contributed by atoms with E-state index < -0.39 is 0 Å². The van der Waals surface area contributed by atoms with Gasteiger partial charge in [0.1, 0.15) is 6.61 Å². The van der Waals surface area contributed by atoms with Crippen LogP contribution in [0.2, 0.25) is 0 Å². The Hall–Kier alpha value is -1.35. The van der Waals surface area contributed by atoms with Crippen molar-refractivity contribution in [2.45, 2.75) is 33.2 Å². The van der Waals surface area contributed by atoms with Crippen LogP contribution in [0, 0.1) is 6.92 Å². The van der Waals surface area contributed by atoms with Gasteiger partial charge in [-0.1, -0.05) is 24.3 Å². The molecule has 94 valence electrons. The van der Waals surface area contributed by atoms with Crippen LogP contribution in [0.5, 0.6) is 0 Å². The van der Waals surface area contributed by atoms with Gasteiger partial charge in [0.25, 0.3) is 0 Å². The van der Waals surface area contributed by atoms with Crippen LogP contribution >= 0.6 is 0 Å². The van der Waals surface area contributed by atoms with Crippen LogP contribution in [0.4, 0.5) is 0 Å². The summed E-state index contributed by atoms with van der Waals surface area (Å²) < 4.78 is 5.06. The molecule has 3 heteroatoms. The second-order valence-corrected chi connectivity index (χ2v) is 4.24. The largest absolute Gasteiger partial charge is 0.372 e. The van der Waals surface area contributed by atoms with Crippen LogP contribution in [0.3, 0.4) is 0 Å². The molecule has 0 fully saturated rings. The van der Waals surface area contributed by atoms with Gasteiger partial charge in [-0.2, -0.15) is 0 Å². The van der Waals surface area contributed by atoms with E-state index in [2.05, 4.69) is 24.4 Å². The number of nitrogens with one attached hydrogen (secondary N) is 1. The Labute approximate surface area is 103 Å². The summed E-state index contributed by atoms with van der Waals surface area (Å²) >= 11 is 0. The summed E-state index contributed by atoms with van der Waals surface area (Å²) in [5, 5.41) is 2.93. The number of hydrogen-bond acceptors (Lipinski definition) is 2. The summed E-state index contributed by atoms with van der Waals surface area (Å²) in [6.45, 7) is 6.69. The Morgan fingerprint density at radius 3 is 2.76 bits per heavy atom. The lowest BCUT2D eigenvalue weighted by Crippen LogP contribution is -2.36. The Morgan fingerprint density at radius 2 is 2.12 bits per heavy atom. The Balaban J connectivity index is 2.42. The molecule has 0 aliphatic rings. The van der Waals surface area contributed by atoms with E-state index in [1.54, 1.807) is 0 Å². The molecule has 0 aliphatic carbocycles. The van der Waals surface area contributed by atoms with Crippen molar-refractivity contribution in [3.8, 4) is 0 Å². The zero-order valence-corrected chi connectivity index (χ0v) is 10.8. The zero-order chi connectivity index (χ0) is 12.7. The van der Waals surface area contributed by atoms with Crippen LogP contribution in [-0.4, -0.2) is 25.2 Å². The lowest BCUT2D eigenvalue weighted by molar-refractivity contribution is -0.126. The topological polar surface area (TPSA) is 38.3 Å². The van der Waals surface area contributed by atoms with Crippen LogP contribution in [-0.2, 0) is 16.0 Å². The van der Waals surface area contributed by atoms with Crippen LogP contribution in [0.15, 0.2) is 24.3 Å². The lowest BCUT2D eigenvalue weighted by atomic mass is 10.0. The third kappa shape index (κ3) is 5.00. The van der Waals surface area contributed by atoms with Gasteiger partial charge in [-0.15, -0.1) is 0 Å². The number of aryl methyl sites for hydroxylation is 1. The predicted octanol–water partition coefficient (Wildman–Crippen LogP) is 2.08. The maximum atomic E-state index is 11.5. The predicted molar refractivity (Wildman–Crippen MR) is 69.0 cm³/mol. The molecule has 1 aromatic rings. The molecule has 3 nitrogen and oxygen atoms in total. The number of amides is 1. The van der Waals surface area contributed by atoms with Crippen LogP contribution < -0.4 is 5.32 Å². The van der Waals surface area contributed by atoms with Crippen LogP contribution in [0.25, 0.3) is 0 Å². The Morgan fingerprint density at radius 1 is 1.41 bits per heavy atom. The number of benzene rings is 1. The molecule has 0 saturated heterocycles. The second-order valence-electron chi connectivity index (χ2n) is 4.24. The standard InChI is InChI=1S/C14H21NO2/c1-4-17-10-14(16)15-12(3)9-13-8-6-5-7-11(13)2/h5-8,12H,4,9-10H2,1-3H3,(H,15,16). The highest BCUT2D eigenvalue weighted by molar-refractivity contribution is 5.77. The first-order valence-corrected chi connectivity index (χ1v) is 6.05. The highest BCUT2D eigenvalue weighted by atomic mass is 16.5. The van der Waals surface area contributed by atoms with Crippen molar-refractivity contribution in [2.24, 2.45) is 0 Å². The van der Waals surface area contributed by atoms with Crippen molar-refractivity contribution in [1.82, 2.24) is 5.32 Å². The van der Waals surface area contributed by atoms with E-state index in [0.29, 0.717) is 6.61 Å². The van der Waals surface area contributed by atoms with E-state index in [1.807, 2.05) is 26.0 Å². The number of ether oxygens (including phenoxy) is 1. The SMILES string of the molecule is CCOCC(=O)NC(C)Cc1ccccc1C. The molecule has 0 aromatic heterocycles. The van der Waals surface area contributed by atoms with Crippen molar-refractivity contribution in [3.63, 3.8) is 0 Å². The van der Waals surface area contributed by atoms with E-state index in [1.165, 1.54) is 11.1 Å². The first-order valence-electron chi connectivity index (χ1n) is 6.05. The fraction of sp³-hybridized carbons (Fsp3) is 0.500. The minimum Gasteiger partial charge on any atom is -0.372 e. The zero-order valence-electron chi connectivity index (χ0n) is 10.8. The number of rotatable bonds is 6. The fourth-order valence-corrected chi connectivity index (χ4v) is 1.73. The summed E-state index contributed by atoms with van der Waals surface area (Å²) in [7, 11) is 0. The van der Waals surface area contributed by atoms with Gasteiger partial charge in [0.05, 0.1) is 0 Å². The van der Waals surface area contributed by atoms with Gasteiger partial charge in [0.2, 0.25) is 5.91 Å². The average Bonchev–Trinajstić information content (AvgIpc) is 2.29. The lowest BCUT2D eigenvalue weighted by Gasteiger charge is -2.15. The van der Waals surface area contributed by atoms with Gasteiger partial charge in [-0.05, 0) is 38.3 Å². The van der Waals surface area contributed by atoms with E-state index in [0.717, 1.165) is 6.42 Å². The normalized spacial score (nSPS) is 12.2. The minimum absolute atomic E-state index is 0.0482. The van der Waals surface area contributed by atoms with Crippen LogP contribution in [0.1, 0.15) is 25.0 Å². The Kier molecular flexibility index (Phi) is 5.70. The van der Waals surface area contributed by atoms with Gasteiger partial charge in [0.15, 0.2) is 0 Å². The minimum atomic E-state index is -0.0482. The van der Waals surface area contributed by atoms with Crippen molar-refractivity contribution >= 4 is 5.91 Å². The summed E-state index contributed by atoms with van der Waals surface area (Å²) in [5.74, 6) is -0.0482. The maximum Gasteiger partial charge on any atom is 0.246 e. The molecule has 1 aromatic carbocycles. The van der Waals surface area contributed by atoms with Crippen molar-refractivity contribution in [1.29, 1.82) is 0 Å². The third-order valence-electron chi connectivity index (χ3n) is 2.63. The summed E-state index contributed by atoms with van der Waals surface area (Å²) in [6.07, 6.45) is 0.852. The molecule has 0 spiro atoms. The molecule has 0 aliphatic heterocycles. The summed E-state index contributed by atoms with van der Waals surface area (Å²) in [4.78, 5) is 11.5. The molecule has 0 saturated carbocycles. The molecule has 17 heavy (non-hydrogen) atoms. The first-order chi connectivity index (χ1) is 8.13. The van der Waals surface area contributed by atoms with Gasteiger partial charge in [-0.3, -0.25) is 4.79 Å². The molecule has 1 N–H and O–H groups in total. The number of hydrogen-bond donors (Lipinski definition) is 1. The molecular formula is C14H21NO2. The van der Waals surface area contributed by atoms with Crippen molar-refractivity contribution in [3.05, 3.63) is 35.4 Å². The van der Waals surface area contributed by atoms with Gasteiger partial charge in [0, 0.05) is 12.6 Å². The van der Waals surface area contributed by atoms with Gasteiger partial charge < -0.3 is 10.1 Å². The average molecular weight is 235 g/mol. The first kappa shape index (κ1) is 13.7. The molecule has 0 radical (unpaired) electrons. The van der Waals surface area contributed by atoms with E-state index in [-0.39, 0.29) is 18.6 Å². The molecule has 0 heterocycles. The molecule has 0 bridgehead atoms. The highest BCUT2D eigenvalue weighted by Gasteiger charge is 2.08. The third-order valence-corrected chi connectivity index (χ3v) is 2.63. The Bertz CT molecular complexity index is 363. The molecule has 1 atom stereocenters. The quantitative estimate of drug-likeness (QED) is 0.820. The number of carbonyl (C=O) groups is 1. The van der Waals surface area contributed by atoms with E-state index >= 15 is 0 Å². The molecular weight excluding hydrogens is 214 g/mol. The fourth-order valence-electron chi connectivity index (χ4n) is 1.73. The van der Waals surface area contributed by atoms with Crippen molar-refractivity contribution in [2.75, 3.05) is 13.2 Å². The molecule has 1 amide bonds. The maximum absolute atomic E-state index is 11.5. The molecule has 1 rings (SSSR count). The summed E-state index contributed by atoms with van der Waals surface area (Å²) in [5.41, 5.74) is 2.54. The highest BCUT2D eigenvalue weighted by Crippen LogP contribution is 2.09. The smallest absolute Gasteiger partial charge is 0.246 e. The monoisotopic (exact) mass is 235 g/mol. The van der Waals surface area contributed by atoms with Crippen molar-refractivity contribution < 1.29 is 9.53 Å². The number of carbonyl (C=O) groups excluding carboxylic acids is 1. The van der Waals surface area contributed by atoms with E-state index in [4.69, 9.17) is 4.74 Å². The second kappa shape index (κ2) is 7.07. The van der Waals surface area contributed by atoms with Gasteiger partial charge in [-0.25, -0.2) is 0 Å². The van der Waals surface area contributed by atoms with Gasteiger partial charge >= 0.3 is 0 Å². The molecule has 1 unspecified atom stereocenters. The van der Waals surface area contributed by atoms with E-state index in [9.17, 15) is 4.79 Å².